The zero-order valence-corrected chi connectivity index (χ0v) is 12.2. The quantitative estimate of drug-likeness (QED) is 0.855. The van der Waals surface area contributed by atoms with Gasteiger partial charge in [0.05, 0.1) is 0 Å². The molecule has 1 aliphatic heterocycles. The molecule has 2 atom stereocenters. The highest BCUT2D eigenvalue weighted by atomic mass is 16.5. The van der Waals surface area contributed by atoms with Crippen LogP contribution in [0.15, 0.2) is 24.3 Å². The SMILES string of the molecule is CN(C)Cc1cccc(NC(=O)[C@@H]2CC[C@H](C(=O)O)O2)c1. The molecule has 0 bridgehead atoms. The van der Waals surface area contributed by atoms with Gasteiger partial charge in [-0.1, -0.05) is 12.1 Å². The Morgan fingerprint density at radius 1 is 1.33 bits per heavy atom. The van der Waals surface area contributed by atoms with E-state index >= 15 is 0 Å². The monoisotopic (exact) mass is 292 g/mol. The Balaban J connectivity index is 1.95. The van der Waals surface area contributed by atoms with E-state index in [-0.39, 0.29) is 5.91 Å². The van der Waals surface area contributed by atoms with Crippen LogP contribution < -0.4 is 5.32 Å². The van der Waals surface area contributed by atoms with Crippen molar-refractivity contribution in [2.24, 2.45) is 0 Å². The van der Waals surface area contributed by atoms with Crippen LogP contribution in [0.1, 0.15) is 18.4 Å². The summed E-state index contributed by atoms with van der Waals surface area (Å²) in [6.45, 7) is 0.782. The maximum atomic E-state index is 12.1. The van der Waals surface area contributed by atoms with E-state index in [9.17, 15) is 9.59 Å². The highest BCUT2D eigenvalue weighted by Gasteiger charge is 2.34. The van der Waals surface area contributed by atoms with Crippen molar-refractivity contribution < 1.29 is 19.4 Å². The molecule has 0 radical (unpaired) electrons. The minimum Gasteiger partial charge on any atom is -0.479 e. The molecule has 114 valence electrons. The van der Waals surface area contributed by atoms with Gasteiger partial charge in [-0.25, -0.2) is 4.79 Å². The first-order valence-corrected chi connectivity index (χ1v) is 6.88. The summed E-state index contributed by atoms with van der Waals surface area (Å²) in [4.78, 5) is 24.9. The van der Waals surface area contributed by atoms with E-state index < -0.39 is 18.2 Å². The lowest BCUT2D eigenvalue weighted by molar-refractivity contribution is -0.150. The Morgan fingerprint density at radius 2 is 2.05 bits per heavy atom. The van der Waals surface area contributed by atoms with Crippen molar-refractivity contribution in [2.45, 2.75) is 31.6 Å². The number of carbonyl (C=O) groups excluding carboxylic acids is 1. The fraction of sp³-hybridized carbons (Fsp3) is 0.467. The number of carbonyl (C=O) groups is 2. The van der Waals surface area contributed by atoms with Crippen LogP contribution in [0.4, 0.5) is 5.69 Å². The van der Waals surface area contributed by atoms with Gasteiger partial charge in [0.15, 0.2) is 6.10 Å². The van der Waals surface area contributed by atoms with Gasteiger partial charge >= 0.3 is 5.97 Å². The number of aliphatic carboxylic acids is 1. The van der Waals surface area contributed by atoms with Gasteiger partial charge < -0.3 is 20.1 Å². The second kappa shape index (κ2) is 6.69. The first kappa shape index (κ1) is 15.5. The second-order valence-corrected chi connectivity index (χ2v) is 5.46. The lowest BCUT2D eigenvalue weighted by Gasteiger charge is -2.14. The van der Waals surface area contributed by atoms with Crippen molar-refractivity contribution in [3.63, 3.8) is 0 Å². The third-order valence-corrected chi connectivity index (χ3v) is 3.28. The molecule has 2 rings (SSSR count). The first-order valence-electron chi connectivity index (χ1n) is 6.88. The predicted octanol–water partition coefficient (Wildman–Crippen LogP) is 1.32. The van der Waals surface area contributed by atoms with Gasteiger partial charge in [-0.3, -0.25) is 4.79 Å². The van der Waals surface area contributed by atoms with Gasteiger partial charge in [0.2, 0.25) is 0 Å². The van der Waals surface area contributed by atoms with Crippen molar-refractivity contribution in [3.8, 4) is 0 Å². The summed E-state index contributed by atoms with van der Waals surface area (Å²) in [6, 6.07) is 7.58. The number of carboxylic acids is 1. The van der Waals surface area contributed by atoms with E-state index in [4.69, 9.17) is 9.84 Å². The largest absolute Gasteiger partial charge is 0.479 e. The number of hydrogen-bond acceptors (Lipinski definition) is 4. The fourth-order valence-electron chi connectivity index (χ4n) is 2.35. The minimum absolute atomic E-state index is 0.291. The van der Waals surface area contributed by atoms with Gasteiger partial charge in [-0.15, -0.1) is 0 Å². The molecular formula is C15H20N2O4. The third-order valence-electron chi connectivity index (χ3n) is 3.28. The third kappa shape index (κ3) is 4.27. The predicted molar refractivity (Wildman–Crippen MR) is 78.0 cm³/mol. The normalized spacial score (nSPS) is 21.5. The summed E-state index contributed by atoms with van der Waals surface area (Å²) in [5.74, 6) is -1.31. The van der Waals surface area contributed by atoms with Crippen molar-refractivity contribution in [2.75, 3.05) is 19.4 Å². The number of benzene rings is 1. The molecule has 1 saturated heterocycles. The average Bonchev–Trinajstić information content (AvgIpc) is 2.88. The van der Waals surface area contributed by atoms with E-state index in [0.29, 0.717) is 18.5 Å². The van der Waals surface area contributed by atoms with Crippen LogP contribution in [0.2, 0.25) is 0 Å². The number of anilines is 1. The molecule has 1 aromatic carbocycles. The lowest BCUT2D eigenvalue weighted by Crippen LogP contribution is -2.30. The van der Waals surface area contributed by atoms with E-state index in [0.717, 1.165) is 12.1 Å². The first-order chi connectivity index (χ1) is 9.95. The van der Waals surface area contributed by atoms with E-state index in [1.54, 1.807) is 6.07 Å². The number of carboxylic acid groups (broad SMARTS) is 1. The van der Waals surface area contributed by atoms with Crippen molar-refractivity contribution in [1.29, 1.82) is 0 Å². The molecule has 1 aliphatic rings. The maximum Gasteiger partial charge on any atom is 0.332 e. The number of amides is 1. The average molecular weight is 292 g/mol. The molecule has 2 N–H and O–H groups in total. The Morgan fingerprint density at radius 3 is 2.67 bits per heavy atom. The summed E-state index contributed by atoms with van der Waals surface area (Å²) in [6.07, 6.45) is -0.765. The van der Waals surface area contributed by atoms with E-state index in [1.807, 2.05) is 37.2 Å². The van der Waals surface area contributed by atoms with Gasteiger partial charge in [0.1, 0.15) is 6.10 Å². The molecule has 0 unspecified atom stereocenters. The Kier molecular flexibility index (Phi) is 4.93. The highest BCUT2D eigenvalue weighted by molar-refractivity contribution is 5.94. The summed E-state index contributed by atoms with van der Waals surface area (Å²) < 4.78 is 5.23. The number of ether oxygens (including phenoxy) is 1. The number of nitrogens with one attached hydrogen (secondary N) is 1. The number of rotatable bonds is 5. The molecule has 1 heterocycles. The summed E-state index contributed by atoms with van der Waals surface area (Å²) in [7, 11) is 3.95. The topological polar surface area (TPSA) is 78.9 Å². The van der Waals surface area contributed by atoms with Crippen LogP contribution in [0.3, 0.4) is 0 Å². The number of nitrogens with zero attached hydrogens (tertiary/aromatic N) is 1. The molecule has 6 heteroatoms. The van der Waals surface area contributed by atoms with Crippen LogP contribution >= 0.6 is 0 Å². The maximum absolute atomic E-state index is 12.1. The molecule has 6 nitrogen and oxygen atoms in total. The second-order valence-electron chi connectivity index (χ2n) is 5.46. The fourth-order valence-corrected chi connectivity index (χ4v) is 2.35. The standard InChI is InChI=1S/C15H20N2O4/c1-17(2)9-10-4-3-5-11(8-10)16-14(18)12-6-7-13(21-12)15(19)20/h3-5,8,12-13H,6-7,9H2,1-2H3,(H,16,18)(H,19,20)/t12-,13+/m0/s1. The Labute approximate surface area is 123 Å². The molecule has 0 spiro atoms. The van der Waals surface area contributed by atoms with Crippen molar-refractivity contribution >= 4 is 17.6 Å². The molecule has 21 heavy (non-hydrogen) atoms. The molecular weight excluding hydrogens is 272 g/mol. The van der Waals surface area contributed by atoms with E-state index in [1.165, 1.54) is 0 Å². The molecule has 1 amide bonds. The van der Waals surface area contributed by atoms with Crippen molar-refractivity contribution in [1.82, 2.24) is 4.90 Å². The summed E-state index contributed by atoms with van der Waals surface area (Å²) in [5, 5.41) is 11.6. The van der Waals surface area contributed by atoms with Gasteiger partial charge in [0, 0.05) is 12.2 Å². The highest BCUT2D eigenvalue weighted by Crippen LogP contribution is 2.21. The number of hydrogen-bond donors (Lipinski definition) is 2. The zero-order chi connectivity index (χ0) is 15.4. The van der Waals surface area contributed by atoms with Crippen LogP contribution in [-0.4, -0.2) is 48.2 Å². The molecule has 1 fully saturated rings. The van der Waals surface area contributed by atoms with Gasteiger partial charge in [-0.2, -0.15) is 0 Å². The van der Waals surface area contributed by atoms with Crippen LogP contribution in [0.25, 0.3) is 0 Å². The van der Waals surface area contributed by atoms with Crippen LogP contribution in [0, 0.1) is 0 Å². The Bertz CT molecular complexity index is 530. The molecule has 0 aromatic heterocycles. The van der Waals surface area contributed by atoms with Gasteiger partial charge in [0.25, 0.3) is 5.91 Å². The van der Waals surface area contributed by atoms with Crippen molar-refractivity contribution in [3.05, 3.63) is 29.8 Å². The van der Waals surface area contributed by atoms with Crippen LogP contribution in [0.5, 0.6) is 0 Å². The summed E-state index contributed by atoms with van der Waals surface area (Å²) >= 11 is 0. The van der Waals surface area contributed by atoms with Gasteiger partial charge in [-0.05, 0) is 44.6 Å². The Hall–Kier alpha value is -1.92. The molecule has 0 saturated carbocycles. The molecule has 1 aromatic rings. The lowest BCUT2D eigenvalue weighted by atomic mass is 10.1. The molecule has 0 aliphatic carbocycles. The zero-order valence-electron chi connectivity index (χ0n) is 12.2. The summed E-state index contributed by atoms with van der Waals surface area (Å²) in [5.41, 5.74) is 1.79. The van der Waals surface area contributed by atoms with E-state index in [2.05, 4.69) is 5.32 Å². The smallest absolute Gasteiger partial charge is 0.332 e. The van der Waals surface area contributed by atoms with Crippen LogP contribution in [-0.2, 0) is 20.9 Å². The minimum atomic E-state index is -1.02.